The summed E-state index contributed by atoms with van der Waals surface area (Å²) in [6, 6.07) is 3.85. The summed E-state index contributed by atoms with van der Waals surface area (Å²) >= 11 is 0. The predicted octanol–water partition coefficient (Wildman–Crippen LogP) is 2.41. The van der Waals surface area contributed by atoms with Gasteiger partial charge < -0.3 is 0 Å². The number of fused-ring (bicyclic) bond motifs is 3. The van der Waals surface area contributed by atoms with E-state index in [4.69, 9.17) is 0 Å². The van der Waals surface area contributed by atoms with Gasteiger partial charge in [-0.05, 0) is 25.5 Å². The summed E-state index contributed by atoms with van der Waals surface area (Å²) in [5.41, 5.74) is 3.58. The van der Waals surface area contributed by atoms with Crippen molar-refractivity contribution in [3.05, 3.63) is 45.8 Å². The number of rotatable bonds is 1. The maximum Gasteiger partial charge on any atom is 0.292 e. The maximum absolute atomic E-state index is 10.9. The average Bonchev–Trinajstić information content (AvgIpc) is 2.70. The lowest BCUT2D eigenvalue weighted by atomic mass is 10.2. The highest BCUT2D eigenvalue weighted by molar-refractivity contribution is 5.83. The van der Waals surface area contributed by atoms with Crippen LogP contribution in [-0.2, 0) is 0 Å². The topological polar surface area (TPSA) is 73.3 Å². The van der Waals surface area contributed by atoms with Gasteiger partial charge in [0.05, 0.1) is 10.5 Å². The van der Waals surface area contributed by atoms with Crippen molar-refractivity contribution in [1.29, 1.82) is 0 Å². The third-order valence-corrected chi connectivity index (χ3v) is 3.07. The molecule has 0 atom stereocenters. The second kappa shape index (κ2) is 3.49. The Labute approximate surface area is 102 Å². The molecule has 6 heteroatoms. The summed E-state index contributed by atoms with van der Waals surface area (Å²) < 4.78 is 1.85. The van der Waals surface area contributed by atoms with E-state index < -0.39 is 4.92 Å². The van der Waals surface area contributed by atoms with Crippen LogP contribution in [0, 0.1) is 24.0 Å². The molecule has 0 saturated carbocycles. The molecular formula is C12H10N4O2. The highest BCUT2D eigenvalue weighted by atomic mass is 16.6. The lowest BCUT2D eigenvalue weighted by Gasteiger charge is -1.98. The molecule has 6 nitrogen and oxygen atoms in total. The van der Waals surface area contributed by atoms with Crippen LogP contribution in [0.15, 0.2) is 24.5 Å². The van der Waals surface area contributed by atoms with E-state index in [2.05, 4.69) is 9.97 Å². The van der Waals surface area contributed by atoms with Gasteiger partial charge in [-0.15, -0.1) is 0 Å². The molecule has 0 N–H and O–H groups in total. The SMILES string of the molecule is Cc1c([N+](=O)[O-])cnc2c1nc1c(C)cccn12. The third-order valence-electron chi connectivity index (χ3n) is 3.07. The number of hydrogen-bond donors (Lipinski definition) is 0. The Bertz CT molecular complexity index is 791. The molecule has 0 bridgehead atoms. The van der Waals surface area contributed by atoms with Crippen LogP contribution in [0.2, 0.25) is 0 Å². The third kappa shape index (κ3) is 1.29. The number of nitrogens with zero attached hydrogens (tertiary/aromatic N) is 4. The smallest absolute Gasteiger partial charge is 0.284 e. The van der Waals surface area contributed by atoms with Gasteiger partial charge in [-0.2, -0.15) is 0 Å². The van der Waals surface area contributed by atoms with Gasteiger partial charge in [-0.1, -0.05) is 6.07 Å². The van der Waals surface area contributed by atoms with Crippen LogP contribution in [0.4, 0.5) is 5.69 Å². The summed E-state index contributed by atoms with van der Waals surface area (Å²) in [4.78, 5) is 19.1. The fraction of sp³-hybridized carbons (Fsp3) is 0.167. The number of aromatic nitrogens is 3. The minimum Gasteiger partial charge on any atom is -0.284 e. The van der Waals surface area contributed by atoms with Crippen molar-refractivity contribution < 1.29 is 4.92 Å². The van der Waals surface area contributed by atoms with Crippen LogP contribution in [0.25, 0.3) is 16.8 Å². The van der Waals surface area contributed by atoms with E-state index in [1.165, 1.54) is 6.20 Å². The van der Waals surface area contributed by atoms with Gasteiger partial charge >= 0.3 is 0 Å². The molecule has 3 rings (SSSR count). The van der Waals surface area contributed by atoms with Crippen LogP contribution < -0.4 is 0 Å². The Balaban J connectivity index is 2.50. The van der Waals surface area contributed by atoms with Crippen molar-refractivity contribution in [2.24, 2.45) is 0 Å². The molecule has 0 fully saturated rings. The van der Waals surface area contributed by atoms with Crippen molar-refractivity contribution in [1.82, 2.24) is 14.4 Å². The number of nitro groups is 1. The predicted molar refractivity (Wildman–Crippen MR) is 66.6 cm³/mol. The van der Waals surface area contributed by atoms with Gasteiger partial charge in [-0.25, -0.2) is 9.97 Å². The summed E-state index contributed by atoms with van der Waals surface area (Å²) in [5.74, 6) is 0. The van der Waals surface area contributed by atoms with E-state index in [1.54, 1.807) is 6.92 Å². The summed E-state index contributed by atoms with van der Waals surface area (Å²) in [5, 5.41) is 10.9. The van der Waals surface area contributed by atoms with Crippen molar-refractivity contribution >= 4 is 22.5 Å². The Kier molecular flexibility index (Phi) is 2.07. The molecule has 0 aliphatic carbocycles. The molecule has 3 aromatic heterocycles. The zero-order valence-electron chi connectivity index (χ0n) is 9.91. The van der Waals surface area contributed by atoms with Crippen LogP contribution in [0.5, 0.6) is 0 Å². The lowest BCUT2D eigenvalue weighted by molar-refractivity contribution is -0.385. The standard InChI is InChI=1S/C12H10N4O2/c1-7-4-3-5-15-11(7)14-10-8(2)9(16(17)18)6-13-12(10)15/h3-6H,1-2H3. The quantitative estimate of drug-likeness (QED) is 0.485. The van der Waals surface area contributed by atoms with Crippen molar-refractivity contribution in [3.63, 3.8) is 0 Å². The van der Waals surface area contributed by atoms with Crippen molar-refractivity contribution in [2.75, 3.05) is 0 Å². The van der Waals surface area contributed by atoms with Gasteiger partial charge in [-0.3, -0.25) is 14.5 Å². The van der Waals surface area contributed by atoms with E-state index >= 15 is 0 Å². The summed E-state index contributed by atoms with van der Waals surface area (Å²) in [7, 11) is 0. The second-order valence-corrected chi connectivity index (χ2v) is 4.19. The number of imidazole rings is 1. The van der Waals surface area contributed by atoms with Gasteiger partial charge in [0.2, 0.25) is 0 Å². The highest BCUT2D eigenvalue weighted by Crippen LogP contribution is 2.26. The minimum atomic E-state index is -0.432. The highest BCUT2D eigenvalue weighted by Gasteiger charge is 2.18. The fourth-order valence-corrected chi connectivity index (χ4v) is 2.09. The van der Waals surface area contributed by atoms with Gasteiger partial charge in [0.1, 0.15) is 17.4 Å². The zero-order chi connectivity index (χ0) is 12.9. The second-order valence-electron chi connectivity index (χ2n) is 4.19. The Morgan fingerprint density at radius 1 is 1.33 bits per heavy atom. The van der Waals surface area contributed by atoms with E-state index in [0.29, 0.717) is 16.7 Å². The van der Waals surface area contributed by atoms with Crippen molar-refractivity contribution in [2.45, 2.75) is 13.8 Å². The first kappa shape index (κ1) is 10.6. The molecule has 0 unspecified atom stereocenters. The first-order chi connectivity index (χ1) is 8.59. The molecule has 0 radical (unpaired) electrons. The first-order valence-electron chi connectivity index (χ1n) is 5.47. The molecule has 0 saturated heterocycles. The van der Waals surface area contributed by atoms with Crippen LogP contribution in [0.3, 0.4) is 0 Å². The molecule has 3 aromatic rings. The summed E-state index contributed by atoms with van der Waals surface area (Å²) in [6.07, 6.45) is 3.14. The van der Waals surface area contributed by atoms with Crippen LogP contribution >= 0.6 is 0 Å². The van der Waals surface area contributed by atoms with E-state index in [1.807, 2.05) is 29.7 Å². The maximum atomic E-state index is 10.9. The lowest BCUT2D eigenvalue weighted by Crippen LogP contribution is -1.94. The summed E-state index contributed by atoms with van der Waals surface area (Å²) in [6.45, 7) is 3.65. The normalized spacial score (nSPS) is 11.2. The van der Waals surface area contributed by atoms with Crippen molar-refractivity contribution in [3.8, 4) is 0 Å². The molecule has 0 amide bonds. The van der Waals surface area contributed by atoms with Gasteiger partial charge in [0.15, 0.2) is 5.65 Å². The van der Waals surface area contributed by atoms with Gasteiger partial charge in [0, 0.05) is 6.20 Å². The number of aryl methyl sites for hydroxylation is 2. The van der Waals surface area contributed by atoms with Gasteiger partial charge in [0.25, 0.3) is 5.69 Å². The monoisotopic (exact) mass is 242 g/mol. The Hall–Kier alpha value is -2.50. The molecular weight excluding hydrogens is 232 g/mol. The number of pyridine rings is 2. The molecule has 90 valence electrons. The zero-order valence-corrected chi connectivity index (χ0v) is 9.91. The minimum absolute atomic E-state index is 0.00330. The Morgan fingerprint density at radius 2 is 2.11 bits per heavy atom. The van der Waals surface area contributed by atoms with E-state index in [9.17, 15) is 10.1 Å². The average molecular weight is 242 g/mol. The molecule has 3 heterocycles. The Morgan fingerprint density at radius 3 is 2.83 bits per heavy atom. The number of hydrogen-bond acceptors (Lipinski definition) is 4. The molecule has 0 aliphatic heterocycles. The molecule has 0 aliphatic rings. The van der Waals surface area contributed by atoms with Crippen LogP contribution in [-0.4, -0.2) is 19.3 Å². The first-order valence-corrected chi connectivity index (χ1v) is 5.47. The molecule has 18 heavy (non-hydrogen) atoms. The van der Waals surface area contributed by atoms with E-state index in [-0.39, 0.29) is 5.69 Å². The fourth-order valence-electron chi connectivity index (χ4n) is 2.09. The largest absolute Gasteiger partial charge is 0.292 e. The molecule has 0 spiro atoms. The molecule has 0 aromatic carbocycles. The van der Waals surface area contributed by atoms with E-state index in [0.717, 1.165) is 11.2 Å². The van der Waals surface area contributed by atoms with Crippen LogP contribution in [0.1, 0.15) is 11.1 Å².